The fourth-order valence-electron chi connectivity index (χ4n) is 4.10. The lowest BCUT2D eigenvalue weighted by atomic mass is 9.83. The van der Waals surface area contributed by atoms with Gasteiger partial charge in [-0.2, -0.15) is 4.98 Å². The molecular weight excluding hydrogens is 352 g/mol. The van der Waals surface area contributed by atoms with Gasteiger partial charge in [0.15, 0.2) is 0 Å². The Morgan fingerprint density at radius 2 is 1.96 bits per heavy atom. The minimum Gasteiger partial charge on any atom is -0.477 e. The van der Waals surface area contributed by atoms with Crippen molar-refractivity contribution in [2.75, 3.05) is 43.1 Å². The van der Waals surface area contributed by atoms with E-state index in [0.29, 0.717) is 17.7 Å². The van der Waals surface area contributed by atoms with E-state index in [9.17, 15) is 0 Å². The predicted molar refractivity (Wildman–Crippen MR) is 111 cm³/mol. The van der Waals surface area contributed by atoms with Crippen LogP contribution in [0.25, 0.3) is 0 Å². The van der Waals surface area contributed by atoms with E-state index in [2.05, 4.69) is 51.4 Å². The molecule has 1 N–H and O–H groups in total. The van der Waals surface area contributed by atoms with Crippen molar-refractivity contribution in [3.63, 3.8) is 0 Å². The summed E-state index contributed by atoms with van der Waals surface area (Å²) < 4.78 is 11.4. The number of hydrogen-bond donors (Lipinski definition) is 1. The van der Waals surface area contributed by atoms with Crippen LogP contribution in [0.3, 0.4) is 0 Å². The Balaban J connectivity index is 1.32. The molecule has 6 nitrogen and oxygen atoms in total. The van der Waals surface area contributed by atoms with Gasteiger partial charge in [0.25, 0.3) is 0 Å². The lowest BCUT2D eigenvalue weighted by Gasteiger charge is -2.28. The molecular formula is C22H30N4O2. The van der Waals surface area contributed by atoms with Gasteiger partial charge in [0.05, 0.1) is 19.8 Å². The van der Waals surface area contributed by atoms with Gasteiger partial charge in [-0.25, -0.2) is 4.98 Å². The smallest absolute Gasteiger partial charge is 0.230 e. The number of hydrogen-bond acceptors (Lipinski definition) is 6. The Morgan fingerprint density at radius 1 is 1.14 bits per heavy atom. The Bertz CT molecular complexity index is 746. The minimum atomic E-state index is 0.564. The summed E-state index contributed by atoms with van der Waals surface area (Å²) in [4.78, 5) is 11.2. The van der Waals surface area contributed by atoms with Gasteiger partial charge >= 0.3 is 0 Å². The van der Waals surface area contributed by atoms with Gasteiger partial charge in [-0.3, -0.25) is 0 Å². The van der Waals surface area contributed by atoms with Gasteiger partial charge in [0.1, 0.15) is 0 Å². The number of morpholine rings is 1. The normalized spacial score (nSPS) is 22.7. The van der Waals surface area contributed by atoms with Gasteiger partial charge < -0.3 is 19.7 Å². The Labute approximate surface area is 167 Å². The van der Waals surface area contributed by atoms with E-state index in [0.717, 1.165) is 44.5 Å². The molecule has 150 valence electrons. The summed E-state index contributed by atoms with van der Waals surface area (Å²) in [6, 6.07) is 10.2. The predicted octanol–water partition coefficient (Wildman–Crippen LogP) is 4.26. The molecule has 0 radical (unpaired) electrons. The van der Waals surface area contributed by atoms with Crippen LogP contribution in [-0.4, -0.2) is 42.9 Å². The van der Waals surface area contributed by atoms with Crippen molar-refractivity contribution in [1.82, 2.24) is 9.97 Å². The van der Waals surface area contributed by atoms with Crippen LogP contribution in [0.1, 0.15) is 32.6 Å². The fraction of sp³-hybridized carbons (Fsp3) is 0.545. The van der Waals surface area contributed by atoms with Gasteiger partial charge in [-0.15, -0.1) is 0 Å². The summed E-state index contributed by atoms with van der Waals surface area (Å²) in [7, 11) is 0. The minimum absolute atomic E-state index is 0.564. The third kappa shape index (κ3) is 5.13. The molecule has 2 aromatic rings. The van der Waals surface area contributed by atoms with Crippen molar-refractivity contribution >= 4 is 17.3 Å². The molecule has 1 saturated heterocycles. The lowest BCUT2D eigenvalue weighted by molar-refractivity contribution is 0.122. The number of nitrogens with one attached hydrogen (secondary N) is 1. The molecule has 0 amide bonds. The first kappa shape index (κ1) is 19.0. The summed E-state index contributed by atoms with van der Waals surface area (Å²) in [5.41, 5.74) is 2.18. The van der Waals surface area contributed by atoms with Crippen LogP contribution in [-0.2, 0) is 4.74 Å². The van der Waals surface area contributed by atoms with Crippen LogP contribution < -0.4 is 15.0 Å². The zero-order valence-corrected chi connectivity index (χ0v) is 16.6. The Kier molecular flexibility index (Phi) is 6.27. The van der Waals surface area contributed by atoms with Gasteiger partial charge in [0, 0.05) is 36.7 Å². The van der Waals surface area contributed by atoms with Crippen molar-refractivity contribution in [2.45, 2.75) is 32.6 Å². The van der Waals surface area contributed by atoms with Crippen LogP contribution in [0.2, 0.25) is 0 Å². The molecule has 0 spiro atoms. The third-order valence-corrected chi connectivity index (χ3v) is 5.64. The number of benzene rings is 1. The molecule has 0 bridgehead atoms. The highest BCUT2D eigenvalue weighted by Gasteiger charge is 2.19. The second-order valence-electron chi connectivity index (χ2n) is 7.94. The summed E-state index contributed by atoms with van der Waals surface area (Å²) in [5, 5.41) is 3.27. The topological polar surface area (TPSA) is 59.5 Å². The van der Waals surface area contributed by atoms with Gasteiger partial charge in [0.2, 0.25) is 11.8 Å². The van der Waals surface area contributed by atoms with E-state index in [4.69, 9.17) is 9.47 Å². The van der Waals surface area contributed by atoms with E-state index < -0.39 is 0 Å². The van der Waals surface area contributed by atoms with Gasteiger partial charge in [-0.05, 0) is 48.9 Å². The summed E-state index contributed by atoms with van der Waals surface area (Å²) in [5.74, 6) is 2.66. The highest BCUT2D eigenvalue weighted by atomic mass is 16.5. The molecule has 1 aromatic heterocycles. The molecule has 6 heteroatoms. The van der Waals surface area contributed by atoms with Crippen molar-refractivity contribution in [2.24, 2.45) is 11.8 Å². The van der Waals surface area contributed by atoms with Crippen LogP contribution >= 0.6 is 0 Å². The first-order chi connectivity index (χ1) is 13.8. The number of rotatable bonds is 6. The first-order valence-electron chi connectivity index (χ1n) is 10.4. The fourth-order valence-corrected chi connectivity index (χ4v) is 4.10. The molecule has 2 aliphatic rings. The van der Waals surface area contributed by atoms with E-state index in [1.807, 2.05) is 6.07 Å². The molecule has 1 saturated carbocycles. The summed E-state index contributed by atoms with van der Waals surface area (Å²) in [6.45, 7) is 6.54. The summed E-state index contributed by atoms with van der Waals surface area (Å²) >= 11 is 0. The molecule has 2 heterocycles. The van der Waals surface area contributed by atoms with E-state index in [1.165, 1.54) is 31.4 Å². The summed E-state index contributed by atoms with van der Waals surface area (Å²) in [6.07, 6.45) is 6.92. The van der Waals surface area contributed by atoms with E-state index >= 15 is 0 Å². The van der Waals surface area contributed by atoms with Crippen molar-refractivity contribution in [1.29, 1.82) is 0 Å². The second kappa shape index (κ2) is 9.24. The van der Waals surface area contributed by atoms with Crippen LogP contribution in [0.15, 0.2) is 36.5 Å². The number of aromatic nitrogens is 2. The quantitative estimate of drug-likeness (QED) is 0.805. The zero-order chi connectivity index (χ0) is 19.2. The molecule has 2 unspecified atom stereocenters. The molecule has 1 aliphatic heterocycles. The number of ether oxygens (including phenoxy) is 2. The molecule has 1 aliphatic carbocycles. The number of nitrogens with zero attached hydrogens (tertiary/aromatic N) is 3. The Morgan fingerprint density at radius 3 is 2.75 bits per heavy atom. The largest absolute Gasteiger partial charge is 0.477 e. The van der Waals surface area contributed by atoms with Crippen LogP contribution in [0.4, 0.5) is 17.3 Å². The van der Waals surface area contributed by atoms with E-state index in [1.54, 1.807) is 6.20 Å². The first-order valence-corrected chi connectivity index (χ1v) is 10.4. The van der Waals surface area contributed by atoms with Crippen molar-refractivity contribution in [3.8, 4) is 5.88 Å². The monoisotopic (exact) mass is 382 g/mol. The SMILES string of the molecule is CC1CCCC(COc2ccnc(Nc3ccc(N4CCOCC4)cc3)n2)C1. The second-order valence-corrected chi connectivity index (χ2v) is 7.94. The van der Waals surface area contributed by atoms with Crippen molar-refractivity contribution in [3.05, 3.63) is 36.5 Å². The maximum absolute atomic E-state index is 5.96. The molecule has 4 rings (SSSR count). The molecule has 28 heavy (non-hydrogen) atoms. The highest BCUT2D eigenvalue weighted by molar-refractivity contribution is 5.59. The lowest BCUT2D eigenvalue weighted by Crippen LogP contribution is -2.36. The van der Waals surface area contributed by atoms with Gasteiger partial charge in [-0.1, -0.05) is 19.8 Å². The van der Waals surface area contributed by atoms with E-state index in [-0.39, 0.29) is 0 Å². The maximum atomic E-state index is 5.96. The maximum Gasteiger partial charge on any atom is 0.230 e. The van der Waals surface area contributed by atoms with Crippen LogP contribution in [0, 0.1) is 11.8 Å². The molecule has 2 atom stereocenters. The highest BCUT2D eigenvalue weighted by Crippen LogP contribution is 2.29. The Hall–Kier alpha value is -2.34. The zero-order valence-electron chi connectivity index (χ0n) is 16.6. The average molecular weight is 383 g/mol. The van der Waals surface area contributed by atoms with Crippen molar-refractivity contribution < 1.29 is 9.47 Å². The van der Waals surface area contributed by atoms with Crippen LogP contribution in [0.5, 0.6) is 5.88 Å². The third-order valence-electron chi connectivity index (χ3n) is 5.64. The number of anilines is 3. The molecule has 1 aromatic carbocycles. The standard InChI is InChI=1S/C22H30N4O2/c1-17-3-2-4-18(15-17)16-28-21-9-10-23-22(25-21)24-19-5-7-20(8-6-19)26-11-13-27-14-12-26/h5-10,17-18H,2-4,11-16H2,1H3,(H,23,24,25). The molecule has 2 fully saturated rings. The average Bonchev–Trinajstić information content (AvgIpc) is 2.74.